The first kappa shape index (κ1) is 13.0. The number of hydrogen-bond acceptors (Lipinski definition) is 3. The summed E-state index contributed by atoms with van der Waals surface area (Å²) in [4.78, 5) is 11.7. The van der Waals surface area contributed by atoms with E-state index >= 15 is 0 Å². The van der Waals surface area contributed by atoms with E-state index in [0.717, 1.165) is 12.0 Å². The minimum atomic E-state index is -0.332. The Morgan fingerprint density at radius 1 is 1.56 bits per heavy atom. The molecule has 1 aliphatic rings. The second kappa shape index (κ2) is 5.93. The summed E-state index contributed by atoms with van der Waals surface area (Å²) in [6.45, 7) is 1.59. The highest BCUT2D eigenvalue weighted by atomic mass is 19.1. The van der Waals surface area contributed by atoms with Crippen LogP contribution >= 0.6 is 0 Å². The summed E-state index contributed by atoms with van der Waals surface area (Å²) in [7, 11) is 0. The standard InChI is InChI=1S/C13H17FN2O2/c14-12-5-9(6-15)1-2-10(12)7-16-13(17)11-3-4-18-8-11/h1-2,5,11H,3-4,6-8,15H2,(H,16,17). The maximum atomic E-state index is 13.6. The summed E-state index contributed by atoms with van der Waals surface area (Å²) in [5.41, 5.74) is 6.64. The third-order valence-corrected chi connectivity index (χ3v) is 3.11. The third kappa shape index (κ3) is 3.05. The Hall–Kier alpha value is -1.46. The minimum absolute atomic E-state index is 0.0743. The number of halogens is 1. The van der Waals surface area contributed by atoms with Crippen molar-refractivity contribution in [3.05, 3.63) is 35.1 Å². The number of nitrogens with two attached hydrogens (primary N) is 1. The van der Waals surface area contributed by atoms with E-state index in [0.29, 0.717) is 25.3 Å². The van der Waals surface area contributed by atoms with Crippen LogP contribution in [-0.2, 0) is 22.6 Å². The summed E-state index contributed by atoms with van der Waals surface area (Å²) in [6, 6.07) is 4.83. The average molecular weight is 252 g/mol. The van der Waals surface area contributed by atoms with Crippen molar-refractivity contribution in [2.24, 2.45) is 11.7 Å². The van der Waals surface area contributed by atoms with Crippen LogP contribution in [0.2, 0.25) is 0 Å². The van der Waals surface area contributed by atoms with Gasteiger partial charge in [0.2, 0.25) is 5.91 Å². The van der Waals surface area contributed by atoms with Crippen LogP contribution in [0.4, 0.5) is 4.39 Å². The van der Waals surface area contributed by atoms with E-state index in [2.05, 4.69) is 5.32 Å². The number of hydrogen-bond donors (Lipinski definition) is 2. The van der Waals surface area contributed by atoms with Gasteiger partial charge in [-0.2, -0.15) is 0 Å². The van der Waals surface area contributed by atoms with E-state index in [1.54, 1.807) is 12.1 Å². The predicted octanol–water partition coefficient (Wildman–Crippen LogP) is 0.937. The molecule has 1 aromatic rings. The van der Waals surface area contributed by atoms with Crippen LogP contribution in [0.5, 0.6) is 0 Å². The summed E-state index contributed by atoms with van der Waals surface area (Å²) >= 11 is 0. The number of carbonyl (C=O) groups is 1. The fraction of sp³-hybridized carbons (Fsp3) is 0.462. The van der Waals surface area contributed by atoms with Gasteiger partial charge in [0.25, 0.3) is 0 Å². The Kier molecular flexibility index (Phi) is 4.28. The molecule has 0 aliphatic carbocycles. The first-order valence-corrected chi connectivity index (χ1v) is 6.03. The molecule has 3 N–H and O–H groups in total. The molecular formula is C13H17FN2O2. The van der Waals surface area contributed by atoms with E-state index in [1.807, 2.05) is 0 Å². The Bertz CT molecular complexity index is 431. The Balaban J connectivity index is 1.91. The molecule has 0 spiro atoms. The van der Waals surface area contributed by atoms with Gasteiger partial charge >= 0.3 is 0 Å². The molecule has 2 rings (SSSR count). The zero-order valence-corrected chi connectivity index (χ0v) is 10.1. The molecule has 1 aliphatic heterocycles. The van der Waals surface area contributed by atoms with Crippen molar-refractivity contribution in [3.8, 4) is 0 Å². The minimum Gasteiger partial charge on any atom is -0.381 e. The molecule has 0 saturated carbocycles. The lowest BCUT2D eigenvalue weighted by Crippen LogP contribution is -2.30. The van der Waals surface area contributed by atoms with E-state index < -0.39 is 0 Å². The van der Waals surface area contributed by atoms with Crippen LogP contribution in [0.25, 0.3) is 0 Å². The van der Waals surface area contributed by atoms with Crippen LogP contribution in [0.3, 0.4) is 0 Å². The normalized spacial score (nSPS) is 18.9. The van der Waals surface area contributed by atoms with Crippen LogP contribution < -0.4 is 11.1 Å². The number of benzene rings is 1. The highest BCUT2D eigenvalue weighted by Crippen LogP contribution is 2.13. The molecule has 18 heavy (non-hydrogen) atoms. The van der Waals surface area contributed by atoms with Gasteiger partial charge in [0.1, 0.15) is 5.82 Å². The molecular weight excluding hydrogens is 235 g/mol. The van der Waals surface area contributed by atoms with E-state index in [9.17, 15) is 9.18 Å². The molecule has 1 unspecified atom stereocenters. The number of nitrogens with one attached hydrogen (secondary N) is 1. The number of carbonyl (C=O) groups excluding carboxylic acids is 1. The topological polar surface area (TPSA) is 64.3 Å². The number of rotatable bonds is 4. The van der Waals surface area contributed by atoms with E-state index in [4.69, 9.17) is 10.5 Å². The molecule has 1 atom stereocenters. The fourth-order valence-corrected chi connectivity index (χ4v) is 1.93. The molecule has 1 amide bonds. The first-order valence-electron chi connectivity index (χ1n) is 6.03. The van der Waals surface area contributed by atoms with Crippen molar-refractivity contribution in [2.45, 2.75) is 19.5 Å². The molecule has 98 valence electrons. The molecule has 1 fully saturated rings. The molecule has 1 heterocycles. The predicted molar refractivity (Wildman–Crippen MR) is 65.1 cm³/mol. The van der Waals surface area contributed by atoms with Crippen molar-refractivity contribution in [1.82, 2.24) is 5.32 Å². The summed E-state index contributed by atoms with van der Waals surface area (Å²) in [6.07, 6.45) is 0.737. The SMILES string of the molecule is NCc1ccc(CNC(=O)C2CCOC2)c(F)c1. The quantitative estimate of drug-likeness (QED) is 0.838. The average Bonchev–Trinajstić information content (AvgIpc) is 2.90. The smallest absolute Gasteiger partial charge is 0.225 e. The zero-order valence-electron chi connectivity index (χ0n) is 10.1. The highest BCUT2D eigenvalue weighted by Gasteiger charge is 2.23. The summed E-state index contributed by atoms with van der Waals surface area (Å²) in [5, 5.41) is 2.73. The van der Waals surface area contributed by atoms with Crippen molar-refractivity contribution in [2.75, 3.05) is 13.2 Å². The van der Waals surface area contributed by atoms with E-state index in [1.165, 1.54) is 6.07 Å². The fourth-order valence-electron chi connectivity index (χ4n) is 1.93. The van der Waals surface area contributed by atoms with Gasteiger partial charge in [0.15, 0.2) is 0 Å². The molecule has 4 nitrogen and oxygen atoms in total. The van der Waals surface area contributed by atoms with Crippen LogP contribution in [0.1, 0.15) is 17.5 Å². The maximum absolute atomic E-state index is 13.6. The molecule has 1 aromatic carbocycles. The van der Waals surface area contributed by atoms with Gasteiger partial charge in [-0.05, 0) is 18.1 Å². The van der Waals surface area contributed by atoms with E-state index in [-0.39, 0.29) is 24.2 Å². The first-order chi connectivity index (χ1) is 8.70. The second-order valence-electron chi connectivity index (χ2n) is 4.41. The largest absolute Gasteiger partial charge is 0.381 e. The Labute approximate surface area is 105 Å². The lowest BCUT2D eigenvalue weighted by atomic mass is 10.1. The lowest BCUT2D eigenvalue weighted by molar-refractivity contribution is -0.125. The summed E-state index contributed by atoms with van der Waals surface area (Å²) < 4.78 is 18.8. The molecule has 0 bridgehead atoms. The van der Waals surface area contributed by atoms with Crippen molar-refractivity contribution >= 4 is 5.91 Å². The third-order valence-electron chi connectivity index (χ3n) is 3.11. The van der Waals surface area contributed by atoms with Gasteiger partial charge in [-0.25, -0.2) is 4.39 Å². The van der Waals surface area contributed by atoms with Crippen molar-refractivity contribution < 1.29 is 13.9 Å². The van der Waals surface area contributed by atoms with Gasteiger partial charge in [0, 0.05) is 25.3 Å². The summed E-state index contributed by atoms with van der Waals surface area (Å²) in [5.74, 6) is -0.507. The van der Waals surface area contributed by atoms with Crippen LogP contribution in [0.15, 0.2) is 18.2 Å². The molecule has 0 aromatic heterocycles. The zero-order chi connectivity index (χ0) is 13.0. The van der Waals surface area contributed by atoms with Gasteiger partial charge in [-0.3, -0.25) is 4.79 Å². The lowest BCUT2D eigenvalue weighted by Gasteiger charge is -2.10. The Morgan fingerprint density at radius 2 is 2.39 bits per heavy atom. The van der Waals surface area contributed by atoms with Crippen LogP contribution in [-0.4, -0.2) is 19.1 Å². The molecule has 5 heteroatoms. The van der Waals surface area contributed by atoms with Gasteiger partial charge in [-0.1, -0.05) is 12.1 Å². The molecule has 0 radical (unpaired) electrons. The van der Waals surface area contributed by atoms with Gasteiger partial charge in [-0.15, -0.1) is 0 Å². The number of amides is 1. The Morgan fingerprint density at radius 3 is 3.00 bits per heavy atom. The van der Waals surface area contributed by atoms with Crippen LogP contribution in [0, 0.1) is 11.7 Å². The molecule has 1 saturated heterocycles. The number of ether oxygens (including phenoxy) is 1. The monoisotopic (exact) mass is 252 g/mol. The highest BCUT2D eigenvalue weighted by molar-refractivity contribution is 5.78. The second-order valence-corrected chi connectivity index (χ2v) is 4.41. The van der Waals surface area contributed by atoms with Crippen molar-refractivity contribution in [1.29, 1.82) is 0 Å². The van der Waals surface area contributed by atoms with Gasteiger partial charge in [0.05, 0.1) is 12.5 Å². The van der Waals surface area contributed by atoms with Gasteiger partial charge < -0.3 is 15.8 Å². The van der Waals surface area contributed by atoms with Crippen molar-refractivity contribution in [3.63, 3.8) is 0 Å². The maximum Gasteiger partial charge on any atom is 0.225 e.